The average molecular weight is 639 g/mol. The van der Waals surface area contributed by atoms with Crippen LogP contribution in [0.15, 0.2) is 182 Å². The minimum Gasteiger partial charge on any atom is -0.311 e. The molecule has 0 saturated heterocycles. The maximum Gasteiger partial charge on any atom is 0.145 e. The number of anilines is 3. The Labute approximate surface area is 290 Å². The van der Waals surface area contributed by atoms with Crippen molar-refractivity contribution in [3.05, 3.63) is 182 Å². The van der Waals surface area contributed by atoms with E-state index in [9.17, 15) is 0 Å². The second-order valence-corrected chi connectivity index (χ2v) is 12.7. The minimum absolute atomic E-state index is 0.908. The van der Waals surface area contributed by atoms with E-state index in [0.29, 0.717) is 0 Å². The van der Waals surface area contributed by atoms with E-state index in [-0.39, 0.29) is 0 Å². The molecule has 4 heteroatoms. The molecular weight excluding hydrogens is 609 g/mol. The fourth-order valence-electron chi connectivity index (χ4n) is 7.43. The topological polar surface area (TPSA) is 34.0 Å². The lowest BCUT2D eigenvalue weighted by molar-refractivity contribution is 1.11. The zero-order valence-corrected chi connectivity index (χ0v) is 27.1. The Balaban J connectivity index is 1.07. The molecule has 0 spiro atoms. The molecule has 0 amide bonds. The van der Waals surface area contributed by atoms with Crippen LogP contribution in [-0.4, -0.2) is 14.5 Å². The number of pyridine rings is 1. The molecule has 4 nitrogen and oxygen atoms in total. The van der Waals surface area contributed by atoms with E-state index >= 15 is 0 Å². The molecule has 2 aromatic heterocycles. The third kappa shape index (κ3) is 4.54. The van der Waals surface area contributed by atoms with Gasteiger partial charge < -0.3 is 4.90 Å². The zero-order chi connectivity index (χ0) is 33.0. The van der Waals surface area contributed by atoms with E-state index in [2.05, 4.69) is 179 Å². The minimum atomic E-state index is 0.908. The molecule has 0 atom stereocenters. The van der Waals surface area contributed by atoms with Gasteiger partial charge in [0.25, 0.3) is 0 Å². The van der Waals surface area contributed by atoms with Crippen LogP contribution in [0.5, 0.6) is 0 Å². The maximum atomic E-state index is 5.25. The quantitative estimate of drug-likeness (QED) is 0.188. The zero-order valence-electron chi connectivity index (χ0n) is 27.1. The molecule has 234 valence electrons. The number of nitrogens with zero attached hydrogens (tertiary/aromatic N) is 4. The van der Waals surface area contributed by atoms with Crippen molar-refractivity contribution in [2.75, 3.05) is 4.90 Å². The molecule has 9 aromatic rings. The van der Waals surface area contributed by atoms with Crippen LogP contribution >= 0.6 is 0 Å². The Kier molecular flexibility index (Phi) is 6.46. The summed E-state index contributed by atoms with van der Waals surface area (Å²) in [7, 11) is 0. The van der Waals surface area contributed by atoms with Crippen molar-refractivity contribution in [2.24, 2.45) is 0 Å². The van der Waals surface area contributed by atoms with Gasteiger partial charge in [0.1, 0.15) is 5.82 Å². The van der Waals surface area contributed by atoms with Crippen LogP contribution in [0.2, 0.25) is 0 Å². The van der Waals surface area contributed by atoms with Gasteiger partial charge in [0, 0.05) is 45.5 Å². The lowest BCUT2D eigenvalue weighted by Gasteiger charge is -2.26. The Morgan fingerprint density at radius 1 is 0.440 bits per heavy atom. The van der Waals surface area contributed by atoms with Crippen LogP contribution in [0.3, 0.4) is 0 Å². The third-order valence-corrected chi connectivity index (χ3v) is 9.78. The number of fused-ring (bicyclic) bond motifs is 6. The molecule has 0 N–H and O–H groups in total. The predicted octanol–water partition coefficient (Wildman–Crippen LogP) is 12.0. The van der Waals surface area contributed by atoms with E-state index < -0.39 is 0 Å². The van der Waals surface area contributed by atoms with Gasteiger partial charge in [-0.05, 0) is 94.7 Å². The lowest BCUT2D eigenvalue weighted by Crippen LogP contribution is -2.09. The smallest absolute Gasteiger partial charge is 0.145 e. The number of imidazole rings is 1. The summed E-state index contributed by atoms with van der Waals surface area (Å²) in [6.45, 7) is 0. The molecule has 0 unspecified atom stereocenters. The highest BCUT2D eigenvalue weighted by Crippen LogP contribution is 2.44. The van der Waals surface area contributed by atoms with E-state index in [0.717, 1.165) is 67.6 Å². The number of aromatic nitrogens is 3. The fourth-order valence-corrected chi connectivity index (χ4v) is 7.43. The highest BCUT2D eigenvalue weighted by atomic mass is 15.1. The van der Waals surface area contributed by atoms with Crippen LogP contribution in [0, 0.1) is 0 Å². The van der Waals surface area contributed by atoms with Crippen molar-refractivity contribution in [3.63, 3.8) is 0 Å². The van der Waals surface area contributed by atoms with Crippen molar-refractivity contribution in [3.8, 4) is 50.6 Å². The Bertz CT molecular complexity index is 2690. The molecule has 0 radical (unpaired) electrons. The number of benzene rings is 7. The summed E-state index contributed by atoms with van der Waals surface area (Å²) < 4.78 is 2.32. The summed E-state index contributed by atoms with van der Waals surface area (Å²) in [6, 6.07) is 62.5. The molecule has 10 rings (SSSR count). The molecule has 0 fully saturated rings. The fraction of sp³-hybridized carbons (Fsp3) is 0. The van der Waals surface area contributed by atoms with Crippen LogP contribution in [-0.2, 0) is 0 Å². The molecule has 7 aromatic carbocycles. The summed E-state index contributed by atoms with van der Waals surface area (Å²) in [5.41, 5.74) is 14.2. The van der Waals surface area contributed by atoms with E-state index in [4.69, 9.17) is 9.97 Å². The van der Waals surface area contributed by atoms with Crippen molar-refractivity contribution in [2.45, 2.75) is 0 Å². The molecule has 0 aliphatic carbocycles. The maximum absolute atomic E-state index is 5.25. The molecule has 1 aliphatic rings. The third-order valence-electron chi connectivity index (χ3n) is 9.78. The second-order valence-electron chi connectivity index (χ2n) is 12.7. The van der Waals surface area contributed by atoms with Gasteiger partial charge in [-0.25, -0.2) is 4.98 Å². The largest absolute Gasteiger partial charge is 0.311 e. The number of rotatable bonds is 5. The molecule has 1 aliphatic heterocycles. The summed E-state index contributed by atoms with van der Waals surface area (Å²) in [6.07, 6.45) is 1.88. The second kappa shape index (κ2) is 11.4. The summed E-state index contributed by atoms with van der Waals surface area (Å²) in [5, 5.41) is 2.50. The molecule has 50 heavy (non-hydrogen) atoms. The Hall–Kier alpha value is -6.78. The Morgan fingerprint density at radius 3 is 1.90 bits per heavy atom. The van der Waals surface area contributed by atoms with Crippen LogP contribution in [0.25, 0.3) is 72.4 Å². The molecule has 0 bridgehead atoms. The average Bonchev–Trinajstić information content (AvgIpc) is 3.53. The first kappa shape index (κ1) is 28.3. The monoisotopic (exact) mass is 638 g/mol. The Morgan fingerprint density at radius 2 is 1.08 bits per heavy atom. The molecular formula is C46H30N4. The van der Waals surface area contributed by atoms with Crippen LogP contribution in [0.4, 0.5) is 17.1 Å². The van der Waals surface area contributed by atoms with Gasteiger partial charge in [-0.1, -0.05) is 103 Å². The van der Waals surface area contributed by atoms with E-state index in [1.54, 1.807) is 0 Å². The first-order chi connectivity index (χ1) is 24.8. The highest BCUT2D eigenvalue weighted by molar-refractivity contribution is 6.03. The number of para-hydroxylation sites is 3. The number of hydrogen-bond acceptors (Lipinski definition) is 3. The van der Waals surface area contributed by atoms with Gasteiger partial charge in [0.2, 0.25) is 0 Å². The van der Waals surface area contributed by atoms with Gasteiger partial charge in [0.05, 0.1) is 22.4 Å². The van der Waals surface area contributed by atoms with Crippen molar-refractivity contribution < 1.29 is 0 Å². The summed E-state index contributed by atoms with van der Waals surface area (Å²) >= 11 is 0. The van der Waals surface area contributed by atoms with E-state index in [1.807, 2.05) is 12.3 Å². The first-order valence-electron chi connectivity index (χ1n) is 16.9. The molecule has 3 heterocycles. The van der Waals surface area contributed by atoms with Gasteiger partial charge in [-0.2, -0.15) is 0 Å². The van der Waals surface area contributed by atoms with Crippen molar-refractivity contribution in [1.82, 2.24) is 14.5 Å². The molecule has 0 saturated carbocycles. The van der Waals surface area contributed by atoms with Crippen LogP contribution < -0.4 is 4.90 Å². The van der Waals surface area contributed by atoms with E-state index in [1.165, 1.54) is 21.9 Å². The summed E-state index contributed by atoms with van der Waals surface area (Å²) in [4.78, 5) is 12.4. The van der Waals surface area contributed by atoms with Gasteiger partial charge in [-0.15, -0.1) is 0 Å². The van der Waals surface area contributed by atoms with Gasteiger partial charge in [0.15, 0.2) is 0 Å². The summed E-state index contributed by atoms with van der Waals surface area (Å²) in [5.74, 6) is 0.908. The first-order valence-corrected chi connectivity index (χ1v) is 16.9. The standard InChI is InChI=1S/C46H30N4/c1-2-12-36(13-3-1)49(37-25-21-32(22-26-37)35-20-19-31-10-4-5-11-34(31)30-35)38-27-23-33(24-28-38)46-48-42-17-8-15-40-39-16-9-29-47-44(39)41-14-6-7-18-43(41)50(46)45(40)42/h1-30H. The van der Waals surface area contributed by atoms with Crippen molar-refractivity contribution in [1.29, 1.82) is 0 Å². The number of hydrogen-bond donors (Lipinski definition) is 0. The van der Waals surface area contributed by atoms with Crippen molar-refractivity contribution >= 4 is 38.9 Å². The lowest BCUT2D eigenvalue weighted by atomic mass is 9.99. The van der Waals surface area contributed by atoms with Crippen LogP contribution in [0.1, 0.15) is 0 Å². The normalized spacial score (nSPS) is 11.6. The van der Waals surface area contributed by atoms with Gasteiger partial charge >= 0.3 is 0 Å². The SMILES string of the molecule is c1ccc(N(c2ccc(-c3ccc4ccccc4c3)cc2)c2ccc(-c3nc4cccc5c4n3-c3ccccc3-c3ncccc3-5)cc2)cc1. The van der Waals surface area contributed by atoms with Gasteiger partial charge in [-0.3, -0.25) is 9.55 Å². The predicted molar refractivity (Wildman–Crippen MR) is 206 cm³/mol. The highest BCUT2D eigenvalue weighted by Gasteiger charge is 2.26.